The molecule has 0 aliphatic rings. The van der Waals surface area contributed by atoms with Gasteiger partial charge in [-0.05, 0) is 5.92 Å². The first-order valence-electron chi connectivity index (χ1n) is 5.42. The summed E-state index contributed by atoms with van der Waals surface area (Å²) in [5.41, 5.74) is 1.60. The zero-order chi connectivity index (χ0) is 12.1. The monoisotopic (exact) mass is 225 g/mol. The molecule has 0 spiro atoms. The number of aryl methyl sites for hydroxylation is 1. The standard InChI is InChI=1S/C11H19N3O2/c1-8(2)4-11(16)12-5-9-6-13-14(3)10(9)7-15/h6,8,15H,4-5,7H2,1-3H3,(H,12,16). The maximum atomic E-state index is 11.4. The Hall–Kier alpha value is -1.36. The van der Waals surface area contributed by atoms with Crippen molar-refractivity contribution in [3.05, 3.63) is 17.5 Å². The number of hydrogen-bond acceptors (Lipinski definition) is 3. The number of hydrogen-bond donors (Lipinski definition) is 2. The summed E-state index contributed by atoms with van der Waals surface area (Å²) < 4.78 is 1.62. The molecule has 0 aliphatic carbocycles. The summed E-state index contributed by atoms with van der Waals surface area (Å²) in [4.78, 5) is 11.4. The van der Waals surface area contributed by atoms with Gasteiger partial charge in [-0.1, -0.05) is 13.8 Å². The molecule has 1 aromatic heterocycles. The molecule has 0 saturated carbocycles. The van der Waals surface area contributed by atoms with E-state index in [1.807, 2.05) is 13.8 Å². The number of nitrogens with one attached hydrogen (secondary N) is 1. The van der Waals surface area contributed by atoms with E-state index in [0.717, 1.165) is 11.3 Å². The van der Waals surface area contributed by atoms with E-state index >= 15 is 0 Å². The first-order chi connectivity index (χ1) is 7.54. The SMILES string of the molecule is CC(C)CC(=O)NCc1cnn(C)c1CO. The molecular weight excluding hydrogens is 206 g/mol. The van der Waals surface area contributed by atoms with Crippen molar-refractivity contribution in [3.8, 4) is 0 Å². The van der Waals surface area contributed by atoms with Gasteiger partial charge in [-0.2, -0.15) is 5.10 Å². The van der Waals surface area contributed by atoms with Crippen LogP contribution in [0.3, 0.4) is 0 Å². The number of amides is 1. The Morgan fingerprint density at radius 2 is 2.31 bits per heavy atom. The first kappa shape index (κ1) is 12.7. The summed E-state index contributed by atoms with van der Waals surface area (Å²) >= 11 is 0. The quantitative estimate of drug-likeness (QED) is 0.770. The lowest BCUT2D eigenvalue weighted by molar-refractivity contribution is -0.121. The molecule has 1 rings (SSSR count). The van der Waals surface area contributed by atoms with Crippen molar-refractivity contribution < 1.29 is 9.90 Å². The van der Waals surface area contributed by atoms with Gasteiger partial charge in [-0.15, -0.1) is 0 Å². The van der Waals surface area contributed by atoms with Crippen molar-refractivity contribution in [2.45, 2.75) is 33.4 Å². The molecule has 16 heavy (non-hydrogen) atoms. The van der Waals surface area contributed by atoms with Gasteiger partial charge in [0, 0.05) is 25.6 Å². The maximum absolute atomic E-state index is 11.4. The van der Waals surface area contributed by atoms with Gasteiger partial charge in [0.15, 0.2) is 0 Å². The van der Waals surface area contributed by atoms with Crippen molar-refractivity contribution in [3.63, 3.8) is 0 Å². The lowest BCUT2D eigenvalue weighted by Gasteiger charge is -2.07. The highest BCUT2D eigenvalue weighted by molar-refractivity contribution is 5.76. The molecule has 1 heterocycles. The molecule has 0 aliphatic heterocycles. The highest BCUT2D eigenvalue weighted by Gasteiger charge is 2.09. The summed E-state index contributed by atoms with van der Waals surface area (Å²) in [6.45, 7) is 4.37. The predicted molar refractivity (Wildman–Crippen MR) is 60.4 cm³/mol. The van der Waals surface area contributed by atoms with Crippen LogP contribution in [-0.2, 0) is 25.0 Å². The number of carbonyl (C=O) groups is 1. The maximum Gasteiger partial charge on any atom is 0.220 e. The molecule has 5 heteroatoms. The van der Waals surface area contributed by atoms with Gasteiger partial charge in [-0.3, -0.25) is 9.48 Å². The van der Waals surface area contributed by atoms with Crippen molar-refractivity contribution in [1.82, 2.24) is 15.1 Å². The molecule has 0 fully saturated rings. The van der Waals surface area contributed by atoms with Crippen molar-refractivity contribution in [1.29, 1.82) is 0 Å². The third-order valence-corrected chi connectivity index (χ3v) is 2.37. The molecule has 2 N–H and O–H groups in total. The number of aromatic nitrogens is 2. The molecule has 0 unspecified atom stereocenters. The third-order valence-electron chi connectivity index (χ3n) is 2.37. The molecule has 0 atom stereocenters. The summed E-state index contributed by atoms with van der Waals surface area (Å²) in [7, 11) is 1.77. The van der Waals surface area contributed by atoms with Gasteiger partial charge in [-0.25, -0.2) is 0 Å². The number of rotatable bonds is 5. The fraction of sp³-hybridized carbons (Fsp3) is 0.636. The van der Waals surface area contributed by atoms with Gasteiger partial charge in [0.2, 0.25) is 5.91 Å². The van der Waals surface area contributed by atoms with Crippen LogP contribution >= 0.6 is 0 Å². The van der Waals surface area contributed by atoms with Crippen LogP contribution in [-0.4, -0.2) is 20.8 Å². The zero-order valence-electron chi connectivity index (χ0n) is 10.0. The van der Waals surface area contributed by atoms with Crippen LogP contribution in [0.4, 0.5) is 0 Å². The Kier molecular flexibility index (Phi) is 4.49. The second-order valence-electron chi connectivity index (χ2n) is 4.27. The minimum absolute atomic E-state index is 0.0303. The Morgan fingerprint density at radius 3 is 2.88 bits per heavy atom. The van der Waals surface area contributed by atoms with Crippen molar-refractivity contribution >= 4 is 5.91 Å². The van der Waals surface area contributed by atoms with Gasteiger partial charge >= 0.3 is 0 Å². The predicted octanol–water partition coefficient (Wildman–Crippen LogP) is 0.575. The summed E-state index contributed by atoms with van der Waals surface area (Å²) in [5, 5.41) is 16.0. The van der Waals surface area contributed by atoms with Crippen LogP contribution in [0, 0.1) is 5.92 Å². The number of carbonyl (C=O) groups excluding carboxylic acids is 1. The molecule has 1 aromatic rings. The van der Waals surface area contributed by atoms with Crippen LogP contribution in [0.25, 0.3) is 0 Å². The van der Waals surface area contributed by atoms with E-state index in [4.69, 9.17) is 5.11 Å². The van der Waals surface area contributed by atoms with Crippen LogP contribution in [0.15, 0.2) is 6.20 Å². The summed E-state index contributed by atoms with van der Waals surface area (Å²) in [6, 6.07) is 0. The zero-order valence-corrected chi connectivity index (χ0v) is 10.0. The van der Waals surface area contributed by atoms with Crippen molar-refractivity contribution in [2.75, 3.05) is 0 Å². The van der Waals surface area contributed by atoms with E-state index in [-0.39, 0.29) is 12.5 Å². The van der Waals surface area contributed by atoms with Crippen LogP contribution in [0.2, 0.25) is 0 Å². The van der Waals surface area contributed by atoms with E-state index in [9.17, 15) is 4.79 Å². The van der Waals surface area contributed by atoms with Crippen LogP contribution in [0.1, 0.15) is 31.5 Å². The van der Waals surface area contributed by atoms with Crippen LogP contribution in [0.5, 0.6) is 0 Å². The largest absolute Gasteiger partial charge is 0.390 e. The van der Waals surface area contributed by atoms with Crippen LogP contribution < -0.4 is 5.32 Å². The summed E-state index contributed by atoms with van der Waals surface area (Å²) in [5.74, 6) is 0.383. The Bertz CT molecular complexity index is 358. The summed E-state index contributed by atoms with van der Waals surface area (Å²) in [6.07, 6.45) is 2.19. The molecule has 0 radical (unpaired) electrons. The lowest BCUT2D eigenvalue weighted by Crippen LogP contribution is -2.24. The molecular formula is C11H19N3O2. The highest BCUT2D eigenvalue weighted by atomic mass is 16.3. The van der Waals surface area contributed by atoms with Crippen molar-refractivity contribution in [2.24, 2.45) is 13.0 Å². The molecule has 0 bridgehead atoms. The second kappa shape index (κ2) is 5.65. The number of aliphatic hydroxyl groups excluding tert-OH is 1. The lowest BCUT2D eigenvalue weighted by atomic mass is 10.1. The van der Waals surface area contributed by atoms with Gasteiger partial charge < -0.3 is 10.4 Å². The number of nitrogens with zero attached hydrogens (tertiary/aromatic N) is 2. The molecule has 0 saturated heterocycles. The van der Waals surface area contributed by atoms with E-state index in [1.165, 1.54) is 0 Å². The van der Waals surface area contributed by atoms with Gasteiger partial charge in [0.05, 0.1) is 18.5 Å². The topological polar surface area (TPSA) is 67.2 Å². The third kappa shape index (κ3) is 3.34. The molecule has 0 aromatic carbocycles. The Labute approximate surface area is 95.5 Å². The molecule has 5 nitrogen and oxygen atoms in total. The van der Waals surface area contributed by atoms with Gasteiger partial charge in [0.25, 0.3) is 0 Å². The first-order valence-corrected chi connectivity index (χ1v) is 5.42. The van der Waals surface area contributed by atoms with Gasteiger partial charge in [0.1, 0.15) is 0 Å². The van der Waals surface area contributed by atoms with E-state index in [1.54, 1.807) is 17.9 Å². The molecule has 1 amide bonds. The average Bonchev–Trinajstić information content (AvgIpc) is 2.55. The molecule has 90 valence electrons. The normalized spacial score (nSPS) is 10.8. The minimum atomic E-state index is -0.0636. The minimum Gasteiger partial charge on any atom is -0.390 e. The number of aliphatic hydroxyl groups is 1. The van der Waals surface area contributed by atoms with E-state index in [0.29, 0.717) is 18.9 Å². The fourth-order valence-corrected chi connectivity index (χ4v) is 1.50. The average molecular weight is 225 g/mol. The highest BCUT2D eigenvalue weighted by Crippen LogP contribution is 2.07. The second-order valence-corrected chi connectivity index (χ2v) is 4.27. The van der Waals surface area contributed by atoms with E-state index in [2.05, 4.69) is 10.4 Å². The smallest absolute Gasteiger partial charge is 0.220 e. The fourth-order valence-electron chi connectivity index (χ4n) is 1.50. The Balaban J connectivity index is 2.51. The van der Waals surface area contributed by atoms with E-state index < -0.39 is 0 Å². The Morgan fingerprint density at radius 1 is 1.62 bits per heavy atom.